The Hall–Kier alpha value is -1.31. The largest absolute Gasteiger partial charge is 0.384 e. The molecule has 104 valence electrons. The normalized spacial score (nSPS) is 15.8. The molecular weight excluding hydrogens is 268 g/mol. The van der Waals surface area contributed by atoms with E-state index in [-0.39, 0.29) is 0 Å². The van der Waals surface area contributed by atoms with Crippen molar-refractivity contribution in [3.05, 3.63) is 69.2 Å². The molecule has 3 rings (SSSR count). The maximum absolute atomic E-state index is 10.6. The van der Waals surface area contributed by atoms with E-state index in [1.54, 1.807) is 0 Å². The van der Waals surface area contributed by atoms with Crippen LogP contribution in [-0.2, 0) is 12.8 Å². The molecule has 0 aliphatic heterocycles. The van der Waals surface area contributed by atoms with Crippen LogP contribution in [0.15, 0.2) is 36.4 Å². The molecule has 0 bridgehead atoms. The van der Waals surface area contributed by atoms with Crippen molar-refractivity contribution >= 4 is 11.6 Å². The number of hydrogen-bond acceptors (Lipinski definition) is 1. The number of halogens is 1. The fourth-order valence-corrected chi connectivity index (χ4v) is 3.30. The maximum atomic E-state index is 10.6. The van der Waals surface area contributed by atoms with Crippen molar-refractivity contribution in [2.75, 3.05) is 0 Å². The minimum absolute atomic E-state index is 0.634. The summed E-state index contributed by atoms with van der Waals surface area (Å²) in [5.41, 5.74) is 5.65. The van der Waals surface area contributed by atoms with Gasteiger partial charge in [-0.1, -0.05) is 41.9 Å². The molecule has 2 heteroatoms. The van der Waals surface area contributed by atoms with Gasteiger partial charge in [-0.05, 0) is 60.9 Å². The molecule has 1 nitrogen and oxygen atoms in total. The second kappa shape index (κ2) is 5.59. The molecule has 1 N–H and O–H groups in total. The summed E-state index contributed by atoms with van der Waals surface area (Å²) >= 11 is 6.26. The molecule has 1 aliphatic carbocycles. The first-order chi connectivity index (χ1) is 9.65. The molecule has 0 radical (unpaired) electrons. The van der Waals surface area contributed by atoms with Gasteiger partial charge in [-0.3, -0.25) is 0 Å². The van der Waals surface area contributed by atoms with Crippen molar-refractivity contribution in [1.82, 2.24) is 0 Å². The highest BCUT2D eigenvalue weighted by atomic mass is 35.5. The lowest BCUT2D eigenvalue weighted by atomic mass is 9.88. The lowest BCUT2D eigenvalue weighted by Gasteiger charge is -2.19. The van der Waals surface area contributed by atoms with Crippen LogP contribution in [0.25, 0.3) is 0 Å². The van der Waals surface area contributed by atoms with E-state index >= 15 is 0 Å². The number of aliphatic hydroxyl groups is 1. The Morgan fingerprint density at radius 3 is 2.50 bits per heavy atom. The Morgan fingerprint density at radius 1 is 1.00 bits per heavy atom. The molecule has 2 aromatic rings. The Labute approximate surface area is 125 Å². The average molecular weight is 287 g/mol. The quantitative estimate of drug-likeness (QED) is 0.855. The second-order valence-electron chi connectivity index (χ2n) is 5.66. The zero-order valence-corrected chi connectivity index (χ0v) is 12.5. The summed E-state index contributed by atoms with van der Waals surface area (Å²) in [6, 6.07) is 12.2. The van der Waals surface area contributed by atoms with Crippen LogP contribution in [0, 0.1) is 6.92 Å². The Morgan fingerprint density at radius 2 is 1.75 bits per heavy atom. The van der Waals surface area contributed by atoms with Gasteiger partial charge in [-0.25, -0.2) is 0 Å². The molecule has 0 fully saturated rings. The molecule has 0 spiro atoms. The number of rotatable bonds is 2. The van der Waals surface area contributed by atoms with Gasteiger partial charge < -0.3 is 5.11 Å². The van der Waals surface area contributed by atoms with Gasteiger partial charge in [0.25, 0.3) is 0 Å². The standard InChI is InChI=1S/C18H19ClO/c1-12-6-9-16(17(19)10-12)18(20)15-8-7-13-4-2-3-5-14(13)11-15/h6-11,18,20H,2-5H2,1H3. The summed E-state index contributed by atoms with van der Waals surface area (Å²) in [4.78, 5) is 0. The first-order valence-electron chi connectivity index (χ1n) is 7.21. The maximum Gasteiger partial charge on any atom is 0.105 e. The monoisotopic (exact) mass is 286 g/mol. The number of aryl methyl sites for hydroxylation is 3. The fraction of sp³-hybridized carbons (Fsp3) is 0.333. The van der Waals surface area contributed by atoms with Crippen LogP contribution in [0.4, 0.5) is 0 Å². The minimum Gasteiger partial charge on any atom is -0.384 e. The van der Waals surface area contributed by atoms with Gasteiger partial charge in [-0.2, -0.15) is 0 Å². The van der Waals surface area contributed by atoms with Gasteiger partial charge in [0.15, 0.2) is 0 Å². The predicted octanol–water partition coefficient (Wildman–Crippen LogP) is 4.61. The number of benzene rings is 2. The summed E-state index contributed by atoms with van der Waals surface area (Å²) in [6.45, 7) is 2.00. The van der Waals surface area contributed by atoms with Gasteiger partial charge in [0.1, 0.15) is 6.10 Å². The lowest BCUT2D eigenvalue weighted by molar-refractivity contribution is 0.220. The van der Waals surface area contributed by atoms with E-state index in [2.05, 4.69) is 12.1 Å². The van der Waals surface area contributed by atoms with Crippen LogP contribution in [0.3, 0.4) is 0 Å². The second-order valence-corrected chi connectivity index (χ2v) is 6.07. The van der Waals surface area contributed by atoms with Crippen molar-refractivity contribution in [2.45, 2.75) is 38.7 Å². The van der Waals surface area contributed by atoms with E-state index in [1.165, 1.54) is 24.0 Å². The van der Waals surface area contributed by atoms with E-state index in [4.69, 9.17) is 11.6 Å². The van der Waals surface area contributed by atoms with Gasteiger partial charge in [0, 0.05) is 10.6 Å². The van der Waals surface area contributed by atoms with Crippen molar-refractivity contribution in [1.29, 1.82) is 0 Å². The topological polar surface area (TPSA) is 20.2 Å². The molecule has 0 amide bonds. The average Bonchev–Trinajstić information content (AvgIpc) is 2.46. The van der Waals surface area contributed by atoms with E-state index in [9.17, 15) is 5.11 Å². The van der Waals surface area contributed by atoms with Crippen molar-refractivity contribution in [3.63, 3.8) is 0 Å². The predicted molar refractivity (Wildman–Crippen MR) is 83.3 cm³/mol. The molecule has 1 aliphatic rings. The summed E-state index contributed by atoms with van der Waals surface area (Å²) in [5, 5.41) is 11.2. The molecule has 0 heterocycles. The number of aliphatic hydroxyl groups excluding tert-OH is 1. The Bertz CT molecular complexity index is 633. The highest BCUT2D eigenvalue weighted by molar-refractivity contribution is 6.31. The van der Waals surface area contributed by atoms with E-state index in [0.717, 1.165) is 29.5 Å². The van der Waals surface area contributed by atoms with E-state index in [0.29, 0.717) is 5.02 Å². The highest BCUT2D eigenvalue weighted by Gasteiger charge is 2.17. The van der Waals surface area contributed by atoms with E-state index < -0.39 is 6.10 Å². The third kappa shape index (κ3) is 2.61. The van der Waals surface area contributed by atoms with Gasteiger partial charge >= 0.3 is 0 Å². The lowest BCUT2D eigenvalue weighted by Crippen LogP contribution is -2.06. The Kier molecular flexibility index (Phi) is 3.82. The first kappa shape index (κ1) is 13.7. The molecular formula is C18H19ClO. The van der Waals surface area contributed by atoms with Gasteiger partial charge in [-0.15, -0.1) is 0 Å². The molecule has 2 aromatic carbocycles. The van der Waals surface area contributed by atoms with Crippen LogP contribution >= 0.6 is 11.6 Å². The fourth-order valence-electron chi connectivity index (χ4n) is 2.96. The molecule has 20 heavy (non-hydrogen) atoms. The summed E-state index contributed by atoms with van der Waals surface area (Å²) in [7, 11) is 0. The number of hydrogen-bond donors (Lipinski definition) is 1. The molecule has 0 aromatic heterocycles. The SMILES string of the molecule is Cc1ccc(C(O)c2ccc3c(c2)CCCC3)c(Cl)c1. The summed E-state index contributed by atoms with van der Waals surface area (Å²) in [5.74, 6) is 0. The van der Waals surface area contributed by atoms with Crippen molar-refractivity contribution in [2.24, 2.45) is 0 Å². The van der Waals surface area contributed by atoms with Crippen LogP contribution in [-0.4, -0.2) is 5.11 Å². The zero-order valence-electron chi connectivity index (χ0n) is 11.7. The highest BCUT2D eigenvalue weighted by Crippen LogP contribution is 2.31. The van der Waals surface area contributed by atoms with Crippen LogP contribution in [0.2, 0.25) is 5.02 Å². The van der Waals surface area contributed by atoms with Crippen molar-refractivity contribution < 1.29 is 5.11 Å². The van der Waals surface area contributed by atoms with Gasteiger partial charge in [0.05, 0.1) is 0 Å². The summed E-state index contributed by atoms with van der Waals surface area (Å²) in [6.07, 6.45) is 4.17. The molecule has 1 atom stereocenters. The van der Waals surface area contributed by atoms with Crippen LogP contribution in [0.5, 0.6) is 0 Å². The van der Waals surface area contributed by atoms with E-state index in [1.807, 2.05) is 31.2 Å². The minimum atomic E-state index is -0.643. The smallest absolute Gasteiger partial charge is 0.105 e. The zero-order chi connectivity index (χ0) is 14.1. The van der Waals surface area contributed by atoms with Crippen LogP contribution in [0.1, 0.15) is 46.8 Å². The molecule has 0 saturated carbocycles. The molecule has 1 unspecified atom stereocenters. The first-order valence-corrected chi connectivity index (χ1v) is 7.59. The number of fused-ring (bicyclic) bond motifs is 1. The third-order valence-electron chi connectivity index (χ3n) is 4.14. The van der Waals surface area contributed by atoms with Crippen LogP contribution < -0.4 is 0 Å². The summed E-state index contributed by atoms with van der Waals surface area (Å²) < 4.78 is 0. The third-order valence-corrected chi connectivity index (χ3v) is 4.47. The Balaban J connectivity index is 1.95. The van der Waals surface area contributed by atoms with Crippen molar-refractivity contribution in [3.8, 4) is 0 Å². The van der Waals surface area contributed by atoms with Gasteiger partial charge in [0.2, 0.25) is 0 Å². The molecule has 0 saturated heterocycles.